The first-order valence-corrected chi connectivity index (χ1v) is 5.48. The molecule has 1 rings (SSSR count). The van der Waals surface area contributed by atoms with Crippen LogP contribution in [0, 0.1) is 0 Å². The van der Waals surface area contributed by atoms with Crippen LogP contribution in [0.1, 0.15) is 6.99 Å². The van der Waals surface area contributed by atoms with Crippen LogP contribution in [-0.4, -0.2) is 21.5 Å². The average molecular weight is 242 g/mol. The van der Waals surface area contributed by atoms with E-state index in [9.17, 15) is 4.57 Å². The standard InChI is InChI=1S/C8H11O5P.Na.H/c9-8-3-1-7(2-4-8)5-6-13-14(10,11)12;;/h1-4,9H,5-6H2,(H2,10,11,12);;/q;+1;-1. The normalized spacial score (nSPS) is 10.8. The van der Waals surface area contributed by atoms with Crippen molar-refractivity contribution in [1.29, 1.82) is 0 Å². The fourth-order valence-electron chi connectivity index (χ4n) is 0.945. The molecule has 7 heteroatoms. The van der Waals surface area contributed by atoms with Crippen LogP contribution in [0.2, 0.25) is 0 Å². The quantitative estimate of drug-likeness (QED) is 0.426. The molecule has 1 aromatic carbocycles. The van der Waals surface area contributed by atoms with E-state index in [4.69, 9.17) is 14.9 Å². The van der Waals surface area contributed by atoms with Crippen molar-refractivity contribution in [3.8, 4) is 5.75 Å². The minimum atomic E-state index is -4.36. The predicted molar refractivity (Wildman–Crippen MR) is 50.9 cm³/mol. The second-order valence-electron chi connectivity index (χ2n) is 2.74. The molecule has 15 heavy (non-hydrogen) atoms. The Morgan fingerprint density at radius 1 is 1.27 bits per heavy atom. The Hall–Kier alpha value is 0.130. The second kappa shape index (κ2) is 6.66. The summed E-state index contributed by atoms with van der Waals surface area (Å²) in [6.45, 7) is -0.0466. The molecule has 0 aliphatic carbocycles. The smallest absolute Gasteiger partial charge is 1.00 e. The van der Waals surface area contributed by atoms with E-state index in [1.54, 1.807) is 12.1 Å². The third-order valence-corrected chi connectivity index (χ3v) is 2.11. The number of hydrogen-bond acceptors (Lipinski definition) is 3. The van der Waals surface area contributed by atoms with E-state index >= 15 is 0 Å². The van der Waals surface area contributed by atoms with Crippen LogP contribution in [0.5, 0.6) is 5.75 Å². The number of hydrogen-bond donors (Lipinski definition) is 3. The van der Waals surface area contributed by atoms with Crippen LogP contribution in [-0.2, 0) is 15.5 Å². The third kappa shape index (κ3) is 7.09. The van der Waals surface area contributed by atoms with Gasteiger partial charge in [-0.25, -0.2) is 4.57 Å². The molecule has 0 heterocycles. The van der Waals surface area contributed by atoms with E-state index in [0.29, 0.717) is 6.42 Å². The zero-order chi connectivity index (χ0) is 10.6. The van der Waals surface area contributed by atoms with Gasteiger partial charge in [0.1, 0.15) is 5.75 Å². The number of aromatic hydroxyl groups is 1. The van der Waals surface area contributed by atoms with Crippen LogP contribution in [0.25, 0.3) is 0 Å². The topological polar surface area (TPSA) is 87.0 Å². The Morgan fingerprint density at radius 3 is 2.27 bits per heavy atom. The summed E-state index contributed by atoms with van der Waals surface area (Å²) in [6, 6.07) is 6.34. The average Bonchev–Trinajstić information content (AvgIpc) is 2.06. The van der Waals surface area contributed by atoms with E-state index < -0.39 is 7.82 Å². The van der Waals surface area contributed by atoms with Gasteiger partial charge in [-0.1, -0.05) is 12.1 Å². The van der Waals surface area contributed by atoms with Crippen molar-refractivity contribution in [2.75, 3.05) is 6.61 Å². The van der Waals surface area contributed by atoms with Gasteiger partial charge in [-0.2, -0.15) is 0 Å². The molecule has 0 spiro atoms. The molecule has 0 aromatic heterocycles. The second-order valence-corrected chi connectivity index (χ2v) is 3.98. The van der Waals surface area contributed by atoms with Gasteiger partial charge >= 0.3 is 37.4 Å². The van der Waals surface area contributed by atoms with Gasteiger partial charge in [-0.05, 0) is 24.1 Å². The molecule has 0 radical (unpaired) electrons. The fraction of sp³-hybridized carbons (Fsp3) is 0.250. The summed E-state index contributed by atoms with van der Waals surface area (Å²) in [5.41, 5.74) is 0.844. The monoisotopic (exact) mass is 242 g/mol. The Kier molecular flexibility index (Phi) is 6.71. The summed E-state index contributed by atoms with van der Waals surface area (Å²) in [5.74, 6) is 0.157. The summed E-state index contributed by atoms with van der Waals surface area (Å²) < 4.78 is 14.6. The maximum Gasteiger partial charge on any atom is 1.00 e. The first kappa shape index (κ1) is 15.1. The molecule has 0 amide bonds. The van der Waals surface area contributed by atoms with Crippen LogP contribution in [0.4, 0.5) is 0 Å². The number of benzene rings is 1. The SMILES string of the molecule is O=P(O)(O)OCCc1ccc(O)cc1.[H-].[Na+]. The van der Waals surface area contributed by atoms with Crippen LogP contribution in [0.3, 0.4) is 0 Å². The molecule has 5 nitrogen and oxygen atoms in total. The van der Waals surface area contributed by atoms with Crippen LogP contribution in [0.15, 0.2) is 24.3 Å². The summed E-state index contributed by atoms with van der Waals surface area (Å²) in [6.07, 6.45) is 0.394. The van der Waals surface area contributed by atoms with Crippen molar-refractivity contribution in [1.82, 2.24) is 0 Å². The van der Waals surface area contributed by atoms with Crippen LogP contribution >= 0.6 is 7.82 Å². The minimum absolute atomic E-state index is 0. The maximum atomic E-state index is 10.3. The largest absolute Gasteiger partial charge is 1.00 e. The van der Waals surface area contributed by atoms with Gasteiger partial charge < -0.3 is 16.3 Å². The molecule has 80 valence electrons. The first-order valence-electron chi connectivity index (χ1n) is 3.95. The Bertz CT molecular complexity index is 339. The van der Waals surface area contributed by atoms with E-state index in [1.807, 2.05) is 0 Å². The molecule has 0 saturated carbocycles. The van der Waals surface area contributed by atoms with Crippen molar-refractivity contribution < 1.29 is 55.0 Å². The fourth-order valence-corrected chi connectivity index (χ4v) is 1.27. The molecular weight excluding hydrogens is 230 g/mol. The van der Waals surface area contributed by atoms with Crippen LogP contribution < -0.4 is 29.6 Å². The third-order valence-electron chi connectivity index (χ3n) is 1.59. The van der Waals surface area contributed by atoms with Crippen molar-refractivity contribution >= 4 is 7.82 Å². The Balaban J connectivity index is 0. The van der Waals surface area contributed by atoms with Gasteiger partial charge in [-0.3, -0.25) is 4.52 Å². The van der Waals surface area contributed by atoms with Gasteiger partial charge in [-0.15, -0.1) is 0 Å². The Labute approximate surface area is 111 Å². The molecule has 0 fully saturated rings. The maximum absolute atomic E-state index is 10.3. The predicted octanol–water partition coefficient (Wildman–Crippen LogP) is -1.84. The van der Waals surface area contributed by atoms with E-state index in [1.165, 1.54) is 12.1 Å². The molecule has 0 bridgehead atoms. The van der Waals surface area contributed by atoms with Gasteiger partial charge in [0.2, 0.25) is 0 Å². The van der Waals surface area contributed by atoms with Crippen molar-refractivity contribution in [3.05, 3.63) is 29.8 Å². The van der Waals surface area contributed by atoms with Gasteiger partial charge in [0.25, 0.3) is 0 Å². The van der Waals surface area contributed by atoms with E-state index in [0.717, 1.165) is 5.56 Å². The molecule has 0 atom stereocenters. The van der Waals surface area contributed by atoms with Crippen molar-refractivity contribution in [2.45, 2.75) is 6.42 Å². The van der Waals surface area contributed by atoms with Gasteiger partial charge in [0.05, 0.1) is 6.61 Å². The van der Waals surface area contributed by atoms with Crippen molar-refractivity contribution in [3.63, 3.8) is 0 Å². The summed E-state index contributed by atoms with van der Waals surface area (Å²) >= 11 is 0. The van der Waals surface area contributed by atoms with E-state index in [-0.39, 0.29) is 43.3 Å². The molecular formula is C8H12NaO5P. The molecule has 1 aromatic rings. The zero-order valence-electron chi connectivity index (χ0n) is 9.33. The van der Waals surface area contributed by atoms with Crippen molar-refractivity contribution in [2.24, 2.45) is 0 Å². The Morgan fingerprint density at radius 2 is 1.80 bits per heavy atom. The summed E-state index contributed by atoms with van der Waals surface area (Å²) in [5, 5.41) is 8.96. The number of rotatable bonds is 4. The molecule has 0 unspecified atom stereocenters. The summed E-state index contributed by atoms with van der Waals surface area (Å²) in [7, 11) is -4.36. The molecule has 0 aliphatic heterocycles. The molecule has 0 aliphatic rings. The van der Waals surface area contributed by atoms with Gasteiger partial charge in [0.15, 0.2) is 0 Å². The molecule has 3 N–H and O–H groups in total. The van der Waals surface area contributed by atoms with E-state index in [2.05, 4.69) is 4.52 Å². The number of phenols is 1. The number of phosphoric ester groups is 1. The zero-order valence-corrected chi connectivity index (χ0v) is 11.2. The number of phenolic OH excluding ortho intramolecular Hbond substituents is 1. The number of phosphoric acid groups is 1. The van der Waals surface area contributed by atoms with Gasteiger partial charge in [0, 0.05) is 0 Å². The summed E-state index contributed by atoms with van der Waals surface area (Å²) in [4.78, 5) is 16.8. The minimum Gasteiger partial charge on any atom is -1.00 e. The molecule has 0 saturated heterocycles. The first-order chi connectivity index (χ1) is 6.47.